The summed E-state index contributed by atoms with van der Waals surface area (Å²) in [5.74, 6) is 0. The molecule has 0 radical (unpaired) electrons. The SMILES string of the molecule is FCCCCCCCCCCCCI. The minimum absolute atomic E-state index is 0.129. The first kappa shape index (κ1) is 14.7. The van der Waals surface area contributed by atoms with E-state index in [2.05, 4.69) is 22.6 Å². The van der Waals surface area contributed by atoms with Gasteiger partial charge in [-0.2, -0.15) is 0 Å². The second-order valence-corrected chi connectivity index (χ2v) is 4.99. The largest absolute Gasteiger partial charge is 0.251 e. The van der Waals surface area contributed by atoms with Crippen LogP contribution in [0.2, 0.25) is 0 Å². The highest BCUT2D eigenvalue weighted by atomic mass is 127. The van der Waals surface area contributed by atoms with Crippen LogP contribution in [0.4, 0.5) is 4.39 Å². The molecule has 0 bridgehead atoms. The average Bonchev–Trinajstić information content (AvgIpc) is 2.21. The highest BCUT2D eigenvalue weighted by Crippen LogP contribution is 2.10. The zero-order valence-electron chi connectivity index (χ0n) is 9.24. The van der Waals surface area contributed by atoms with Gasteiger partial charge in [0.05, 0.1) is 6.67 Å². The predicted molar refractivity (Wildman–Crippen MR) is 71.0 cm³/mol. The highest BCUT2D eigenvalue weighted by Gasteiger charge is 1.92. The molecule has 0 aromatic carbocycles. The maximum Gasteiger partial charge on any atom is 0.0894 e. The van der Waals surface area contributed by atoms with Crippen molar-refractivity contribution in [2.45, 2.75) is 64.2 Å². The van der Waals surface area contributed by atoms with Crippen molar-refractivity contribution in [3.8, 4) is 0 Å². The van der Waals surface area contributed by atoms with Crippen LogP contribution in [0.3, 0.4) is 0 Å². The van der Waals surface area contributed by atoms with Crippen LogP contribution in [-0.4, -0.2) is 11.1 Å². The van der Waals surface area contributed by atoms with Crippen molar-refractivity contribution in [2.24, 2.45) is 0 Å². The van der Waals surface area contributed by atoms with Gasteiger partial charge in [0.2, 0.25) is 0 Å². The molecule has 0 saturated carbocycles. The van der Waals surface area contributed by atoms with Gasteiger partial charge < -0.3 is 0 Å². The third kappa shape index (κ3) is 12.7. The Balaban J connectivity index is 2.78. The molecule has 0 aliphatic carbocycles. The number of hydrogen-bond acceptors (Lipinski definition) is 0. The van der Waals surface area contributed by atoms with E-state index in [1.165, 1.54) is 55.8 Å². The van der Waals surface area contributed by atoms with Gasteiger partial charge in [0, 0.05) is 0 Å². The summed E-state index contributed by atoms with van der Waals surface area (Å²) < 4.78 is 13.0. The fraction of sp³-hybridized carbons (Fsp3) is 1.00. The molecule has 0 spiro atoms. The van der Waals surface area contributed by atoms with Crippen LogP contribution in [0.5, 0.6) is 0 Å². The normalized spacial score (nSPS) is 10.7. The zero-order valence-corrected chi connectivity index (χ0v) is 11.4. The molecule has 2 heteroatoms. The molecule has 0 aliphatic heterocycles. The molecular weight excluding hydrogens is 290 g/mol. The fourth-order valence-corrected chi connectivity index (χ4v) is 2.14. The summed E-state index contributed by atoms with van der Waals surface area (Å²) in [7, 11) is 0. The first-order valence-corrected chi connectivity index (χ1v) is 7.56. The maximum atomic E-state index is 11.7. The Morgan fingerprint density at radius 1 is 0.571 bits per heavy atom. The van der Waals surface area contributed by atoms with Crippen LogP contribution in [0.25, 0.3) is 0 Å². The second-order valence-electron chi connectivity index (χ2n) is 3.91. The lowest BCUT2D eigenvalue weighted by Crippen LogP contribution is -1.83. The minimum Gasteiger partial charge on any atom is -0.251 e. The Morgan fingerprint density at radius 2 is 0.929 bits per heavy atom. The van der Waals surface area contributed by atoms with Crippen LogP contribution >= 0.6 is 22.6 Å². The Hall–Kier alpha value is 0.660. The van der Waals surface area contributed by atoms with Gasteiger partial charge in [-0.3, -0.25) is 4.39 Å². The third-order valence-corrected chi connectivity index (χ3v) is 3.28. The van der Waals surface area contributed by atoms with Crippen molar-refractivity contribution in [3.05, 3.63) is 0 Å². The van der Waals surface area contributed by atoms with E-state index in [1.54, 1.807) is 0 Å². The van der Waals surface area contributed by atoms with Crippen molar-refractivity contribution in [1.29, 1.82) is 0 Å². The van der Waals surface area contributed by atoms with Crippen molar-refractivity contribution < 1.29 is 4.39 Å². The summed E-state index contributed by atoms with van der Waals surface area (Å²) in [6.45, 7) is -0.129. The molecule has 0 saturated heterocycles. The Morgan fingerprint density at radius 3 is 1.29 bits per heavy atom. The fourth-order valence-electron chi connectivity index (χ4n) is 1.60. The van der Waals surface area contributed by atoms with Crippen LogP contribution in [0.1, 0.15) is 64.2 Å². The number of unbranched alkanes of at least 4 members (excludes halogenated alkanes) is 9. The van der Waals surface area contributed by atoms with E-state index in [0.29, 0.717) is 0 Å². The third-order valence-electron chi connectivity index (χ3n) is 2.52. The summed E-state index contributed by atoms with van der Waals surface area (Å²) in [6.07, 6.45) is 12.8. The van der Waals surface area contributed by atoms with Gasteiger partial charge >= 0.3 is 0 Å². The summed E-state index contributed by atoms with van der Waals surface area (Å²) in [6, 6.07) is 0. The molecule has 0 aliphatic rings. The number of rotatable bonds is 11. The first-order chi connectivity index (χ1) is 6.91. The smallest absolute Gasteiger partial charge is 0.0894 e. The van der Waals surface area contributed by atoms with Gasteiger partial charge in [-0.05, 0) is 17.3 Å². The molecule has 0 fully saturated rings. The molecule has 14 heavy (non-hydrogen) atoms. The summed E-state index contributed by atoms with van der Waals surface area (Å²) >= 11 is 2.44. The molecule has 0 aromatic rings. The lowest BCUT2D eigenvalue weighted by atomic mass is 10.1. The average molecular weight is 314 g/mol. The van der Waals surface area contributed by atoms with Crippen molar-refractivity contribution in [3.63, 3.8) is 0 Å². The van der Waals surface area contributed by atoms with E-state index in [1.807, 2.05) is 0 Å². The van der Waals surface area contributed by atoms with Gasteiger partial charge in [0.15, 0.2) is 0 Å². The lowest BCUT2D eigenvalue weighted by Gasteiger charge is -2.00. The predicted octanol–water partition coefficient (Wildman–Crippen LogP) is 5.29. The molecular formula is C12H24FI. The lowest BCUT2D eigenvalue weighted by molar-refractivity contribution is 0.449. The zero-order chi connectivity index (χ0) is 10.5. The monoisotopic (exact) mass is 314 g/mol. The number of halogens is 2. The molecule has 0 aromatic heterocycles. The quantitative estimate of drug-likeness (QED) is 0.276. The second kappa shape index (κ2) is 13.7. The van der Waals surface area contributed by atoms with Crippen LogP contribution < -0.4 is 0 Å². The van der Waals surface area contributed by atoms with Crippen molar-refractivity contribution >= 4 is 22.6 Å². The molecule has 0 N–H and O–H groups in total. The van der Waals surface area contributed by atoms with E-state index < -0.39 is 0 Å². The minimum atomic E-state index is -0.129. The van der Waals surface area contributed by atoms with Gasteiger partial charge in [-0.1, -0.05) is 74.0 Å². The van der Waals surface area contributed by atoms with E-state index in [9.17, 15) is 4.39 Å². The van der Waals surface area contributed by atoms with E-state index in [4.69, 9.17) is 0 Å². The Kier molecular flexibility index (Phi) is 14.3. The first-order valence-electron chi connectivity index (χ1n) is 6.03. The number of hydrogen-bond donors (Lipinski definition) is 0. The molecule has 0 atom stereocenters. The van der Waals surface area contributed by atoms with Crippen molar-refractivity contribution in [1.82, 2.24) is 0 Å². The highest BCUT2D eigenvalue weighted by molar-refractivity contribution is 14.1. The molecule has 0 unspecified atom stereocenters. The summed E-state index contributed by atoms with van der Waals surface area (Å²) in [4.78, 5) is 0. The summed E-state index contributed by atoms with van der Waals surface area (Å²) in [5.41, 5.74) is 0. The van der Waals surface area contributed by atoms with E-state index in [0.717, 1.165) is 12.8 Å². The molecule has 0 rings (SSSR count). The van der Waals surface area contributed by atoms with Crippen molar-refractivity contribution in [2.75, 3.05) is 11.1 Å². The molecule has 0 heterocycles. The van der Waals surface area contributed by atoms with Gasteiger partial charge in [0.25, 0.3) is 0 Å². The molecule has 86 valence electrons. The van der Waals surface area contributed by atoms with Gasteiger partial charge in [-0.15, -0.1) is 0 Å². The van der Waals surface area contributed by atoms with Gasteiger partial charge in [0.1, 0.15) is 0 Å². The molecule has 0 amide bonds. The van der Waals surface area contributed by atoms with E-state index in [-0.39, 0.29) is 6.67 Å². The number of alkyl halides is 2. The van der Waals surface area contributed by atoms with Crippen LogP contribution in [0, 0.1) is 0 Å². The van der Waals surface area contributed by atoms with Gasteiger partial charge in [-0.25, -0.2) is 0 Å². The molecule has 0 nitrogen and oxygen atoms in total. The Bertz CT molecular complexity index is 84.3. The summed E-state index contributed by atoms with van der Waals surface area (Å²) in [5, 5.41) is 0. The van der Waals surface area contributed by atoms with Crippen LogP contribution in [-0.2, 0) is 0 Å². The van der Waals surface area contributed by atoms with E-state index >= 15 is 0 Å². The standard InChI is InChI=1S/C12H24FI/c13-11-9-7-5-3-1-2-4-6-8-10-12-14/h1-12H2. The topological polar surface area (TPSA) is 0 Å². The van der Waals surface area contributed by atoms with Crippen LogP contribution in [0.15, 0.2) is 0 Å². The maximum absolute atomic E-state index is 11.7. The Labute approximate surface area is 102 Å².